The number of aryl methyl sites for hydroxylation is 2. The van der Waals surface area contributed by atoms with Crippen molar-refractivity contribution in [2.24, 2.45) is 4.99 Å². The Morgan fingerprint density at radius 1 is 0.471 bits per heavy atom. The van der Waals surface area contributed by atoms with Gasteiger partial charge in [0.05, 0.1) is 55.6 Å². The van der Waals surface area contributed by atoms with Gasteiger partial charge in [-0.25, -0.2) is 49.8 Å². The summed E-state index contributed by atoms with van der Waals surface area (Å²) in [7, 11) is 1.49. The Hall–Kier alpha value is -8.13. The van der Waals surface area contributed by atoms with Crippen LogP contribution in [-0.2, 0) is 30.1 Å². The molecule has 6 aliphatic heterocycles. The van der Waals surface area contributed by atoms with E-state index in [9.17, 15) is 51.1 Å². The summed E-state index contributed by atoms with van der Waals surface area (Å²) in [6, 6.07) is 3.55. The number of pyridine rings is 2. The quantitative estimate of drug-likeness (QED) is 0.00586. The Balaban J connectivity index is 0.000000168. The molecule has 0 aromatic carbocycles. The summed E-state index contributed by atoms with van der Waals surface area (Å²) in [5.74, 6) is 3.78. The van der Waals surface area contributed by atoms with Gasteiger partial charge in [0.2, 0.25) is 6.34 Å². The zero-order valence-corrected chi connectivity index (χ0v) is 89.9. The number of allylic oxidation sites excluding steroid dienone is 3. The molecule has 4 unspecified atom stereocenters. The van der Waals surface area contributed by atoms with E-state index in [2.05, 4.69) is 239 Å². The number of fused-ring (bicyclic) bond motifs is 5. The number of aromatic nitrogens is 16. The monoisotopic (exact) mass is 2060 g/mol. The molecule has 5 fully saturated rings. The average Bonchev–Trinajstić information content (AvgIpc) is 1.62. The van der Waals surface area contributed by atoms with Crippen LogP contribution in [0.1, 0.15) is 136 Å². The number of hydrogen-bond donors (Lipinski definition) is 15. The predicted molar refractivity (Wildman–Crippen MR) is 577 cm³/mol. The molecule has 17 N–H and O–H groups in total. The lowest BCUT2D eigenvalue weighted by Crippen LogP contribution is -2.33. The molecule has 9 aromatic heterocycles. The molecule has 19 atom stereocenters. The van der Waals surface area contributed by atoms with Crippen LogP contribution in [0.5, 0.6) is 6.01 Å². The highest BCUT2D eigenvalue weighted by Gasteiger charge is 2.50. The summed E-state index contributed by atoms with van der Waals surface area (Å²) in [5.41, 5.74) is 22.0. The maximum atomic E-state index is 10.7. The summed E-state index contributed by atoms with van der Waals surface area (Å²) < 4.78 is 43.8. The first kappa shape index (κ1) is 112. The fourth-order valence-corrected chi connectivity index (χ4v) is 21.5. The van der Waals surface area contributed by atoms with E-state index in [1.807, 2.05) is 20.1 Å². The van der Waals surface area contributed by atoms with Gasteiger partial charge in [0.15, 0.2) is 87.2 Å². The molecule has 772 valence electrons. The molecule has 39 nitrogen and oxygen atoms in total. The maximum absolute atomic E-state index is 10.7. The summed E-state index contributed by atoms with van der Waals surface area (Å²) in [6.45, 7) is 33.5. The van der Waals surface area contributed by atoms with Gasteiger partial charge in [-0.3, -0.25) is 18.3 Å². The lowest BCUT2D eigenvalue weighted by atomic mass is 10.1. The van der Waals surface area contributed by atoms with E-state index in [1.54, 1.807) is 60.0 Å². The molecule has 45 heteroatoms. The van der Waals surface area contributed by atoms with Gasteiger partial charge in [-0.2, -0.15) is 9.56 Å². The minimum atomic E-state index is -1.27. The second-order valence-electron chi connectivity index (χ2n) is 39.9. The largest absolute Gasteiger partial charge is 0.463 e. The number of nitrogens with one attached hydrogen (secondary N) is 3. The number of nitrogens with two attached hydrogens (primary N) is 2. The van der Waals surface area contributed by atoms with Crippen LogP contribution in [0.2, 0.25) is 0 Å². The van der Waals surface area contributed by atoms with Crippen molar-refractivity contribution in [1.29, 1.82) is 0 Å². The van der Waals surface area contributed by atoms with Gasteiger partial charge in [0.25, 0.3) is 11.6 Å². The summed E-state index contributed by atoms with van der Waals surface area (Å²) in [6.07, 6.45) is 34.5. The maximum Gasteiger partial charge on any atom is 0.397 e. The summed E-state index contributed by atoms with van der Waals surface area (Å²) in [4.78, 5) is 57.6. The third-order valence-corrected chi connectivity index (χ3v) is 33.0. The topological polar surface area (TPSA) is 536 Å². The van der Waals surface area contributed by atoms with E-state index in [-0.39, 0.29) is 11.9 Å². The number of nitrogen functional groups attached to an aromatic ring is 2. The number of ether oxygens (including phenoxy) is 6. The fraction of sp³-hybridized carbons (Fsp3) is 0.589. The first-order valence-corrected chi connectivity index (χ1v) is 63.9. The van der Waals surface area contributed by atoms with Crippen LogP contribution in [0.15, 0.2) is 88.6 Å². The molecule has 0 spiro atoms. The molecule has 9 aromatic rings. The van der Waals surface area contributed by atoms with Gasteiger partial charge in [-0.1, -0.05) is 79.4 Å². The van der Waals surface area contributed by atoms with Crippen molar-refractivity contribution >= 4 is 175 Å². The molecule has 0 bridgehead atoms. The number of hydrogen-bond acceptors (Lipinski definition) is 35. The standard InChI is InChI=1S/C21H33N5O4P.C21H34N5O3PS.C20H32N5O3P.C17H27N4O3P.C16H25N4O3P/c1-7-13(2)8-10-22-18-15-19(25-21(24-18)29-3)26(12-23-15)20-17(28)16(27)14(30-20)9-11-31(4,5)6;1-7-13(2)8-10-22-18-15-19(25-21(24-18)31-6)26(12-23-15)20-17(28)16(27)14(29-20)9-11-30(3,4)5;1-6-13(2)7-9-21-18-15-19(23-11-22-18)25(12-24-15)20-17(27)16(26)14(28-20)8-10-29(3,4)5;1-5-12-20-13-10(18)6-8-19-16(13)21(12)17-15(23)14(22)11(24-17)7-9-25(2,3)4;1-9-19-12-10(17)5-7-18-15(12)20(9)16-14(22)13(21)11(23-16)6-8-24(2,3)4/h8,12,14,16-17,27-28H,4,7,9-11H2,1-3,5-6H3,(H,22,24,25);8,12,14,16-17,20,27-28H,3,7,9-11H2,1-2,4-6H3,(H,22,24,25);7,11-12,14,16-17,20,26-27H,3,6,8-10H2,1-2,4-5H3,(H,21,22,23);6,8,11,14-15,17,22-23H,2,5,7,9H2,1,3-4H3,(H2,18,19);5,7,11,13-14,16,21-22H,2,6,8H2,1,3-4H3,(H2,17,18)/q+1;;;;/b13-8-,26-20?;13-8-;13-7-;;/t14-,16-,17-;2*14-,16-,17-,20?;11-,14-,15-,17?;11-,13-,14-,16?/m11111/s1. The molecular formula is C95H151N23O16P5S+. The van der Waals surface area contributed by atoms with E-state index in [0.29, 0.717) is 154 Å². The molecule has 0 saturated carbocycles. The lowest BCUT2D eigenvalue weighted by Gasteiger charge is -2.19. The number of thioether (sulfide) groups is 1. The highest BCUT2D eigenvalue weighted by molar-refractivity contribution is 7.98. The van der Waals surface area contributed by atoms with Crippen molar-refractivity contribution < 1.29 is 84.1 Å². The Kier molecular flexibility index (Phi) is 38.7. The first-order chi connectivity index (χ1) is 65.9. The Morgan fingerprint density at radius 3 is 1.32 bits per heavy atom. The number of imidazole rings is 4. The molecule has 6 aliphatic rings. The average molecular weight is 2060 g/mol. The molecule has 0 amide bonds. The van der Waals surface area contributed by atoms with E-state index in [0.717, 1.165) is 55.9 Å². The molecule has 15 heterocycles. The number of aliphatic hydroxyl groups is 10. The minimum Gasteiger partial charge on any atom is -0.463 e. The van der Waals surface area contributed by atoms with Crippen molar-refractivity contribution in [2.45, 2.75) is 235 Å². The van der Waals surface area contributed by atoms with Crippen molar-refractivity contribution in [3.63, 3.8) is 0 Å². The number of anilines is 5. The Labute approximate surface area is 826 Å². The van der Waals surface area contributed by atoms with Gasteiger partial charge in [-0.05, 0) is 200 Å². The van der Waals surface area contributed by atoms with E-state index < -0.39 is 151 Å². The van der Waals surface area contributed by atoms with E-state index in [4.69, 9.17) is 39.9 Å². The van der Waals surface area contributed by atoms with Crippen LogP contribution in [0.4, 0.5) is 40.3 Å². The van der Waals surface area contributed by atoms with Gasteiger partial charge in [0, 0.05) is 38.4 Å². The van der Waals surface area contributed by atoms with Gasteiger partial charge < -0.3 is 107 Å². The zero-order valence-electron chi connectivity index (χ0n) is 84.6. The van der Waals surface area contributed by atoms with E-state index in [1.165, 1.54) is 48.3 Å². The van der Waals surface area contributed by atoms with Crippen LogP contribution in [0, 0.1) is 6.92 Å². The number of aliphatic hydroxyl groups excluding tert-OH is 10. The highest BCUT2D eigenvalue weighted by Crippen LogP contribution is 2.47. The number of nitrogens with zero attached hydrogens (tertiary/aromatic N) is 18. The minimum absolute atomic E-state index is 0.168. The molecule has 140 heavy (non-hydrogen) atoms. The Morgan fingerprint density at radius 2 is 0.879 bits per heavy atom. The smallest absolute Gasteiger partial charge is 0.397 e. The lowest BCUT2D eigenvalue weighted by molar-refractivity contribution is -0.313. The van der Waals surface area contributed by atoms with Crippen LogP contribution in [0.25, 0.3) is 44.7 Å². The van der Waals surface area contributed by atoms with Crippen molar-refractivity contribution in [2.75, 3.05) is 158 Å². The normalized spacial score (nSPS) is 26.1. The van der Waals surface area contributed by atoms with Gasteiger partial charge in [-0.15, -0.1) is 65.9 Å². The fourth-order valence-electron chi connectivity index (χ4n) is 16.3. The zero-order chi connectivity index (χ0) is 103. The SMILES string of the molecule is C=P(C)(C)CC[C@H]1OC(=[N+]2C=Nc3c(NC/C=C(/C)CC)nc(OC)nc32)[C@H](O)[C@@H]1O.C=P(C)(C)CC[C@H]1OC(n2c(C)nc3c(N)ccnc32)[C@H](O)[C@@H]1O.C=P(C)(C)CC[C@H]1OC(n2c(CC)nc3c(N)ccnc32)[C@H](O)[C@@H]1O.C=P(C)(C)CC[C@H]1OC(n2cnc3c(NC/C=C(/C)CC)nc(SC)nc32)[C@H](O)[C@@H]1O.C=P(C)(C)CC[C@H]1OC(n2cnc3c(NC/C=C(/C)CC)ncnc32)[C@H](O)[C@@H]1O. The summed E-state index contributed by atoms with van der Waals surface area (Å²) >= 11 is 1.43. The van der Waals surface area contributed by atoms with Gasteiger partial charge >= 0.3 is 11.8 Å². The van der Waals surface area contributed by atoms with Gasteiger partial charge in [0.1, 0.15) is 90.0 Å². The molecule has 0 radical (unpaired) electrons. The van der Waals surface area contributed by atoms with Crippen LogP contribution < -0.4 is 32.2 Å². The van der Waals surface area contributed by atoms with Crippen LogP contribution in [-0.4, -0.2) is 399 Å². The van der Waals surface area contributed by atoms with E-state index >= 15 is 0 Å². The predicted octanol–water partition coefficient (Wildman–Crippen LogP) is 9.87. The van der Waals surface area contributed by atoms with Crippen LogP contribution in [0.3, 0.4) is 0 Å². The molecular weight excluding hydrogens is 1910 g/mol. The second-order valence-corrected chi connectivity index (χ2v) is 62.3. The molecule has 5 saturated heterocycles. The van der Waals surface area contributed by atoms with Crippen molar-refractivity contribution in [3.8, 4) is 6.01 Å². The molecule has 0 aliphatic carbocycles. The number of aliphatic imine (C=N–C) groups is 1. The first-order valence-electron chi connectivity index (χ1n) is 47.4. The van der Waals surface area contributed by atoms with Crippen molar-refractivity contribution in [1.82, 2.24) is 78.1 Å². The Bertz CT molecular complexity index is 6200. The second kappa shape index (κ2) is 48.3. The number of rotatable bonds is 34. The summed E-state index contributed by atoms with van der Waals surface area (Å²) in [5, 5.41) is 116. The number of methoxy groups -OCH3 is 1. The molecule has 15 rings (SSSR count). The third-order valence-electron chi connectivity index (χ3n) is 25.1. The highest BCUT2D eigenvalue weighted by atomic mass is 32.2. The van der Waals surface area contributed by atoms with Crippen molar-refractivity contribution in [3.05, 3.63) is 90.1 Å². The third kappa shape index (κ3) is 28.1. The van der Waals surface area contributed by atoms with Crippen LogP contribution >= 0.6 is 46.2 Å².